The number of allylic oxidation sites excluding steroid dienone is 6. The Morgan fingerprint density at radius 3 is 1.14 bits per heavy atom. The zero-order chi connectivity index (χ0) is 50.2. The maximum absolute atomic E-state index is 13.3. The van der Waals surface area contributed by atoms with Gasteiger partial charge in [-0.1, -0.05) is 288 Å². The van der Waals surface area contributed by atoms with Crippen LogP contribution in [0.25, 0.3) is 0 Å². The first kappa shape index (κ1) is 67.1. The van der Waals surface area contributed by atoms with Crippen molar-refractivity contribution in [3.63, 3.8) is 0 Å². The maximum atomic E-state index is 13.3. The van der Waals surface area contributed by atoms with E-state index in [2.05, 4.69) is 62.5 Å². The SMILES string of the molecule is CCCCC/C=C\C/C=C\C/C=C\CCCCCCCCC(=O)OC(CCCCCCCCCCCCCCCC)CC(=O)NC(CO)C(O)CCCCCCCCCCCCCCCCCCC. The molecule has 0 aromatic heterocycles. The molecule has 0 aromatic carbocycles. The predicted octanol–water partition coefficient (Wildman–Crippen LogP) is 19.2. The molecule has 6 nitrogen and oxygen atoms in total. The number of esters is 1. The maximum Gasteiger partial charge on any atom is 0.306 e. The molecule has 0 aliphatic rings. The molecule has 3 unspecified atom stereocenters. The van der Waals surface area contributed by atoms with E-state index in [4.69, 9.17) is 4.74 Å². The van der Waals surface area contributed by atoms with Gasteiger partial charge in [-0.05, 0) is 64.2 Å². The Balaban J connectivity index is 4.50. The van der Waals surface area contributed by atoms with E-state index < -0.39 is 18.2 Å². The summed E-state index contributed by atoms with van der Waals surface area (Å²) >= 11 is 0. The van der Waals surface area contributed by atoms with Crippen LogP contribution in [-0.2, 0) is 14.3 Å². The number of rotatable bonds is 56. The number of unbranched alkanes of at least 4 members (excludes halogenated alkanes) is 38. The predicted molar refractivity (Wildman–Crippen MR) is 301 cm³/mol. The summed E-state index contributed by atoms with van der Waals surface area (Å²) in [6.45, 7) is 6.50. The Hall–Kier alpha value is -1.92. The Kier molecular flexibility index (Phi) is 55.4. The Morgan fingerprint density at radius 2 is 0.739 bits per heavy atom. The Morgan fingerprint density at radius 1 is 0.420 bits per heavy atom. The third-order valence-electron chi connectivity index (χ3n) is 14.2. The van der Waals surface area contributed by atoms with Gasteiger partial charge in [-0.2, -0.15) is 0 Å². The molecule has 0 saturated heterocycles. The lowest BCUT2D eigenvalue weighted by molar-refractivity contribution is -0.151. The fourth-order valence-electron chi connectivity index (χ4n) is 9.56. The van der Waals surface area contributed by atoms with E-state index in [1.807, 2.05) is 0 Å². The summed E-state index contributed by atoms with van der Waals surface area (Å²) in [5.74, 6) is -0.469. The Bertz CT molecular complexity index is 1130. The number of carbonyl (C=O) groups is 2. The molecule has 6 heteroatoms. The number of aliphatic hydroxyl groups is 2. The first-order chi connectivity index (χ1) is 34.0. The average molecular weight is 971 g/mol. The fraction of sp³-hybridized carbons (Fsp3) is 0.873. The second-order valence-electron chi connectivity index (χ2n) is 21.1. The lowest BCUT2D eigenvalue weighted by atomic mass is 10.0. The molecule has 1 amide bonds. The van der Waals surface area contributed by atoms with Crippen molar-refractivity contribution in [2.45, 2.75) is 347 Å². The summed E-state index contributed by atoms with van der Waals surface area (Å²) in [6.07, 6.45) is 69.2. The number of hydrogen-bond acceptors (Lipinski definition) is 5. The van der Waals surface area contributed by atoms with E-state index >= 15 is 0 Å². The van der Waals surface area contributed by atoms with Crippen LogP contribution in [0.1, 0.15) is 329 Å². The largest absolute Gasteiger partial charge is 0.462 e. The van der Waals surface area contributed by atoms with Crippen LogP contribution in [0.2, 0.25) is 0 Å². The second kappa shape index (κ2) is 57.0. The molecular weight excluding hydrogens is 851 g/mol. The minimum absolute atomic E-state index is 0.0772. The third kappa shape index (κ3) is 52.2. The second-order valence-corrected chi connectivity index (χ2v) is 21.1. The lowest BCUT2D eigenvalue weighted by Crippen LogP contribution is -2.46. The molecule has 3 atom stereocenters. The van der Waals surface area contributed by atoms with Gasteiger partial charge in [0.1, 0.15) is 6.10 Å². The standard InChI is InChI=1S/C63H119NO5/c1-4-7-10-13-16-19-22-25-28-30-31-33-35-38-41-44-47-50-53-56-63(68)69-59(54-51-48-45-42-39-36-27-24-21-18-15-12-9-6-3)57-62(67)64-60(58-65)61(66)55-52-49-46-43-40-37-34-32-29-26-23-20-17-14-11-8-5-2/h16,19,25,28,31,33,59-61,65-66H,4-15,17-18,20-24,26-27,29-30,32,34-58H2,1-3H3,(H,64,67)/b19-16-,28-25-,33-31-. The highest BCUT2D eigenvalue weighted by Crippen LogP contribution is 2.19. The minimum Gasteiger partial charge on any atom is -0.462 e. The van der Waals surface area contributed by atoms with Gasteiger partial charge in [-0.15, -0.1) is 0 Å². The van der Waals surface area contributed by atoms with Crippen molar-refractivity contribution in [1.29, 1.82) is 0 Å². The van der Waals surface area contributed by atoms with Crippen LogP contribution in [0.15, 0.2) is 36.5 Å². The molecule has 0 aromatic rings. The van der Waals surface area contributed by atoms with Crippen LogP contribution in [0, 0.1) is 0 Å². The normalized spacial score (nSPS) is 13.3. The lowest BCUT2D eigenvalue weighted by Gasteiger charge is -2.24. The molecule has 0 bridgehead atoms. The average Bonchev–Trinajstić information content (AvgIpc) is 3.34. The number of carbonyl (C=O) groups excluding carboxylic acids is 2. The molecule has 3 N–H and O–H groups in total. The first-order valence-electron chi connectivity index (χ1n) is 30.7. The topological polar surface area (TPSA) is 95.9 Å². The van der Waals surface area contributed by atoms with Crippen molar-refractivity contribution in [3.05, 3.63) is 36.5 Å². The molecule has 0 aliphatic carbocycles. The molecule has 0 fully saturated rings. The van der Waals surface area contributed by atoms with Crippen molar-refractivity contribution in [2.24, 2.45) is 0 Å². The van der Waals surface area contributed by atoms with Crippen LogP contribution < -0.4 is 5.32 Å². The minimum atomic E-state index is -0.789. The van der Waals surface area contributed by atoms with E-state index in [1.165, 1.54) is 218 Å². The van der Waals surface area contributed by atoms with Gasteiger partial charge in [0.15, 0.2) is 0 Å². The van der Waals surface area contributed by atoms with Crippen LogP contribution in [0.5, 0.6) is 0 Å². The third-order valence-corrected chi connectivity index (χ3v) is 14.2. The van der Waals surface area contributed by atoms with Crippen LogP contribution in [0.3, 0.4) is 0 Å². The summed E-state index contributed by atoms with van der Waals surface area (Å²) in [5.41, 5.74) is 0. The summed E-state index contributed by atoms with van der Waals surface area (Å²) in [6, 6.07) is -0.702. The van der Waals surface area contributed by atoms with Gasteiger partial charge in [-0.25, -0.2) is 0 Å². The van der Waals surface area contributed by atoms with Crippen molar-refractivity contribution in [2.75, 3.05) is 6.61 Å². The number of ether oxygens (including phenoxy) is 1. The van der Waals surface area contributed by atoms with Gasteiger partial charge in [0, 0.05) is 6.42 Å². The van der Waals surface area contributed by atoms with Gasteiger partial charge in [0.2, 0.25) is 5.91 Å². The molecule has 0 radical (unpaired) electrons. The van der Waals surface area contributed by atoms with E-state index in [-0.39, 0.29) is 24.9 Å². The highest BCUT2D eigenvalue weighted by atomic mass is 16.5. The smallest absolute Gasteiger partial charge is 0.306 e. The van der Waals surface area contributed by atoms with Gasteiger partial charge in [0.05, 0.1) is 25.2 Å². The Labute approximate surface area is 430 Å². The van der Waals surface area contributed by atoms with E-state index in [0.717, 1.165) is 64.2 Å². The highest BCUT2D eigenvalue weighted by molar-refractivity contribution is 5.77. The van der Waals surface area contributed by atoms with Crippen LogP contribution >= 0.6 is 0 Å². The van der Waals surface area contributed by atoms with E-state index in [9.17, 15) is 19.8 Å². The van der Waals surface area contributed by atoms with E-state index in [0.29, 0.717) is 19.3 Å². The molecule has 0 saturated carbocycles. The van der Waals surface area contributed by atoms with Gasteiger partial charge in [-0.3, -0.25) is 9.59 Å². The quantitative estimate of drug-likeness (QED) is 0.0321. The number of nitrogens with one attached hydrogen (secondary N) is 1. The number of amides is 1. The first-order valence-corrected chi connectivity index (χ1v) is 30.7. The molecule has 0 aliphatic heterocycles. The molecule has 0 rings (SSSR count). The highest BCUT2D eigenvalue weighted by Gasteiger charge is 2.24. The van der Waals surface area contributed by atoms with E-state index in [1.54, 1.807) is 0 Å². The van der Waals surface area contributed by atoms with Gasteiger partial charge in [0.25, 0.3) is 0 Å². The molecule has 0 spiro atoms. The van der Waals surface area contributed by atoms with Crippen molar-refractivity contribution < 1.29 is 24.5 Å². The summed E-state index contributed by atoms with van der Waals surface area (Å²) < 4.78 is 5.97. The molecule has 406 valence electrons. The zero-order valence-electron chi connectivity index (χ0n) is 46.5. The molecule has 69 heavy (non-hydrogen) atoms. The monoisotopic (exact) mass is 970 g/mol. The number of hydrogen-bond donors (Lipinski definition) is 3. The number of aliphatic hydroxyl groups excluding tert-OH is 2. The van der Waals surface area contributed by atoms with Crippen LogP contribution in [-0.4, -0.2) is 46.9 Å². The summed E-state index contributed by atoms with van der Waals surface area (Å²) in [7, 11) is 0. The zero-order valence-corrected chi connectivity index (χ0v) is 46.5. The fourth-order valence-corrected chi connectivity index (χ4v) is 9.56. The van der Waals surface area contributed by atoms with Gasteiger partial charge >= 0.3 is 5.97 Å². The van der Waals surface area contributed by atoms with Crippen molar-refractivity contribution in [1.82, 2.24) is 5.32 Å². The summed E-state index contributed by atoms with van der Waals surface area (Å²) in [5, 5.41) is 24.0. The van der Waals surface area contributed by atoms with Crippen molar-refractivity contribution in [3.8, 4) is 0 Å². The molecular formula is C63H119NO5. The molecule has 0 heterocycles. The van der Waals surface area contributed by atoms with Crippen LogP contribution in [0.4, 0.5) is 0 Å². The van der Waals surface area contributed by atoms with Crippen molar-refractivity contribution >= 4 is 11.9 Å². The van der Waals surface area contributed by atoms with Gasteiger partial charge < -0.3 is 20.3 Å². The summed E-state index contributed by atoms with van der Waals surface area (Å²) in [4.78, 5) is 26.3.